The number of nitrogens with one attached hydrogen (secondary N) is 2. The van der Waals surface area contributed by atoms with Crippen molar-refractivity contribution in [2.75, 3.05) is 17.6 Å². The number of aryl methyl sites for hydroxylation is 1. The van der Waals surface area contributed by atoms with Crippen LogP contribution in [-0.4, -0.2) is 27.0 Å². The Hall–Kier alpha value is -1.99. The number of aromatic nitrogens is 2. The minimum atomic E-state index is -0.538. The number of unbranched alkanes of at least 4 members (excludes halogenated alkanes) is 2. The van der Waals surface area contributed by atoms with Crippen LogP contribution in [-0.2, 0) is 11.2 Å². The normalized spacial score (nSPS) is 10.9. The van der Waals surface area contributed by atoms with Crippen LogP contribution in [0, 0.1) is 0 Å². The van der Waals surface area contributed by atoms with Crippen LogP contribution >= 0.6 is 11.6 Å². The van der Waals surface area contributed by atoms with Gasteiger partial charge in [-0.05, 0) is 18.9 Å². The lowest BCUT2D eigenvalue weighted by Gasteiger charge is -2.08. The van der Waals surface area contributed by atoms with Gasteiger partial charge in [-0.1, -0.05) is 31.4 Å². The number of amides is 1. The van der Waals surface area contributed by atoms with E-state index in [0.29, 0.717) is 22.2 Å². The number of carbonyl (C=O) groups excluding carboxylic acids is 1. The molecule has 0 spiro atoms. The molecule has 0 saturated heterocycles. The van der Waals surface area contributed by atoms with Gasteiger partial charge < -0.3 is 11.1 Å². The van der Waals surface area contributed by atoms with Crippen molar-refractivity contribution in [1.82, 2.24) is 14.9 Å². The number of pyridine rings is 1. The van der Waals surface area contributed by atoms with Crippen molar-refractivity contribution in [3.8, 4) is 0 Å². The molecule has 2 rings (SSSR count). The minimum absolute atomic E-state index is 0.0719. The summed E-state index contributed by atoms with van der Waals surface area (Å²) in [6, 6.07) is 1.64. The lowest BCUT2D eigenvalue weighted by molar-refractivity contribution is -0.127. The second kappa shape index (κ2) is 7.33. The fourth-order valence-electron chi connectivity index (χ4n) is 2.29. The van der Waals surface area contributed by atoms with Gasteiger partial charge in [0.05, 0.1) is 22.9 Å². The van der Waals surface area contributed by atoms with Gasteiger partial charge in [-0.25, -0.2) is 10.5 Å². The third-order valence-corrected chi connectivity index (χ3v) is 3.55. The Morgan fingerprint density at radius 2 is 2.27 bits per heavy atom. The van der Waals surface area contributed by atoms with Crippen molar-refractivity contribution in [2.24, 2.45) is 0 Å². The summed E-state index contributed by atoms with van der Waals surface area (Å²) in [5.74, 6) is 0.133. The lowest BCUT2D eigenvalue weighted by Crippen LogP contribution is -2.27. The van der Waals surface area contributed by atoms with Crippen molar-refractivity contribution < 1.29 is 10.0 Å². The third-order valence-electron chi connectivity index (χ3n) is 3.35. The molecule has 0 fully saturated rings. The molecule has 22 heavy (non-hydrogen) atoms. The standard InChI is InChI=1S/C14H20ClN5O2/c1-2-3-4-5-11-14(17-7-12(21)19-22)20-8-9(15)6-10(16)13(20)18-11/h6,8,17,22H,2-5,7,16H2,1H3,(H,19,21). The van der Waals surface area contributed by atoms with E-state index >= 15 is 0 Å². The zero-order valence-electron chi connectivity index (χ0n) is 12.4. The number of fused-ring (bicyclic) bond motifs is 1. The smallest absolute Gasteiger partial charge is 0.262 e. The molecule has 1 amide bonds. The summed E-state index contributed by atoms with van der Waals surface area (Å²) in [6.45, 7) is 2.06. The number of hydrogen-bond donors (Lipinski definition) is 4. The molecule has 0 aliphatic carbocycles. The highest BCUT2D eigenvalue weighted by Crippen LogP contribution is 2.26. The average Bonchev–Trinajstić information content (AvgIpc) is 2.83. The minimum Gasteiger partial charge on any atom is -0.396 e. The summed E-state index contributed by atoms with van der Waals surface area (Å²) in [5.41, 5.74) is 9.45. The van der Waals surface area contributed by atoms with Gasteiger partial charge in [0.25, 0.3) is 5.91 Å². The Morgan fingerprint density at radius 1 is 1.50 bits per heavy atom. The van der Waals surface area contributed by atoms with Gasteiger partial charge >= 0.3 is 0 Å². The van der Waals surface area contributed by atoms with E-state index in [1.165, 1.54) is 0 Å². The molecule has 8 heteroatoms. The van der Waals surface area contributed by atoms with Crippen LogP contribution in [0.4, 0.5) is 11.5 Å². The lowest BCUT2D eigenvalue weighted by atomic mass is 10.1. The van der Waals surface area contributed by atoms with Crippen molar-refractivity contribution in [1.29, 1.82) is 0 Å². The maximum atomic E-state index is 11.2. The number of nitrogens with zero attached hydrogens (tertiary/aromatic N) is 2. The number of anilines is 2. The van der Waals surface area contributed by atoms with Gasteiger partial charge in [-0.15, -0.1) is 0 Å². The highest BCUT2D eigenvalue weighted by Gasteiger charge is 2.15. The predicted octanol–water partition coefficient (Wildman–Crippen LogP) is 2.22. The molecular formula is C14H20ClN5O2. The second-order valence-electron chi connectivity index (χ2n) is 5.06. The number of nitrogens with two attached hydrogens (primary N) is 1. The first-order chi connectivity index (χ1) is 10.6. The summed E-state index contributed by atoms with van der Waals surface area (Å²) < 4.78 is 1.74. The maximum absolute atomic E-state index is 11.2. The summed E-state index contributed by atoms with van der Waals surface area (Å²) >= 11 is 6.05. The molecule has 0 saturated carbocycles. The molecule has 0 radical (unpaired) electrons. The monoisotopic (exact) mass is 325 g/mol. The van der Waals surface area contributed by atoms with E-state index in [-0.39, 0.29) is 6.54 Å². The Balaban J connectivity index is 2.37. The van der Waals surface area contributed by atoms with Gasteiger partial charge in [-0.2, -0.15) is 0 Å². The number of imidazole rings is 1. The third kappa shape index (κ3) is 3.61. The first-order valence-corrected chi connectivity index (χ1v) is 7.57. The van der Waals surface area contributed by atoms with Crippen LogP contribution in [0.2, 0.25) is 5.02 Å². The van der Waals surface area contributed by atoms with E-state index in [4.69, 9.17) is 22.5 Å². The fourth-order valence-corrected chi connectivity index (χ4v) is 2.51. The fraction of sp³-hybridized carbons (Fsp3) is 0.429. The zero-order valence-corrected chi connectivity index (χ0v) is 13.2. The zero-order chi connectivity index (χ0) is 16.1. The van der Waals surface area contributed by atoms with E-state index in [2.05, 4.69) is 17.2 Å². The second-order valence-corrected chi connectivity index (χ2v) is 5.50. The highest BCUT2D eigenvalue weighted by molar-refractivity contribution is 6.30. The number of carbonyl (C=O) groups is 1. The first kappa shape index (κ1) is 16.4. The van der Waals surface area contributed by atoms with Crippen molar-refractivity contribution in [3.05, 3.63) is 23.0 Å². The van der Waals surface area contributed by atoms with E-state index in [1.807, 2.05) is 0 Å². The van der Waals surface area contributed by atoms with Crippen LogP contribution in [0.1, 0.15) is 31.9 Å². The van der Waals surface area contributed by atoms with Gasteiger partial charge in [-0.3, -0.25) is 14.4 Å². The Bertz CT molecular complexity index is 671. The number of nitrogen functional groups attached to an aromatic ring is 1. The van der Waals surface area contributed by atoms with Gasteiger partial charge in [0.1, 0.15) is 5.82 Å². The van der Waals surface area contributed by atoms with E-state index in [0.717, 1.165) is 31.4 Å². The first-order valence-electron chi connectivity index (χ1n) is 7.19. The van der Waals surface area contributed by atoms with E-state index in [1.54, 1.807) is 22.1 Å². The van der Waals surface area contributed by atoms with E-state index in [9.17, 15) is 4.79 Å². The van der Waals surface area contributed by atoms with E-state index < -0.39 is 5.91 Å². The molecular weight excluding hydrogens is 306 g/mol. The van der Waals surface area contributed by atoms with Crippen molar-refractivity contribution >= 4 is 34.7 Å². The van der Waals surface area contributed by atoms with Crippen LogP contribution < -0.4 is 16.5 Å². The van der Waals surface area contributed by atoms with Crippen LogP contribution in [0.3, 0.4) is 0 Å². The summed E-state index contributed by atoms with van der Waals surface area (Å²) in [5, 5.41) is 12.1. The van der Waals surface area contributed by atoms with Gasteiger partial charge in [0.2, 0.25) is 0 Å². The Labute approximate surface area is 133 Å². The predicted molar refractivity (Wildman–Crippen MR) is 86.3 cm³/mol. The molecule has 0 unspecified atom stereocenters. The summed E-state index contributed by atoms with van der Waals surface area (Å²) in [6.07, 6.45) is 5.67. The molecule has 5 N–H and O–H groups in total. The Morgan fingerprint density at radius 3 is 2.95 bits per heavy atom. The van der Waals surface area contributed by atoms with Crippen molar-refractivity contribution in [2.45, 2.75) is 32.6 Å². The largest absolute Gasteiger partial charge is 0.396 e. The molecule has 120 valence electrons. The molecule has 0 aromatic carbocycles. The molecule has 2 heterocycles. The van der Waals surface area contributed by atoms with Gasteiger partial charge in [0.15, 0.2) is 5.65 Å². The molecule has 2 aromatic heterocycles. The van der Waals surface area contributed by atoms with Crippen LogP contribution in [0.5, 0.6) is 0 Å². The summed E-state index contributed by atoms with van der Waals surface area (Å²) in [7, 11) is 0. The molecule has 0 aliphatic heterocycles. The topological polar surface area (TPSA) is 105 Å². The maximum Gasteiger partial charge on any atom is 0.262 e. The van der Waals surface area contributed by atoms with Crippen molar-refractivity contribution in [3.63, 3.8) is 0 Å². The average molecular weight is 326 g/mol. The van der Waals surface area contributed by atoms with Crippen LogP contribution in [0.25, 0.3) is 5.65 Å². The molecule has 7 nitrogen and oxygen atoms in total. The number of hydroxylamine groups is 1. The molecule has 0 atom stereocenters. The number of halogens is 1. The van der Waals surface area contributed by atoms with Gasteiger partial charge in [0, 0.05) is 6.20 Å². The SMILES string of the molecule is CCCCCc1nc2c(N)cc(Cl)cn2c1NCC(=O)NO. The molecule has 0 bridgehead atoms. The molecule has 2 aromatic rings. The number of rotatable bonds is 7. The summed E-state index contributed by atoms with van der Waals surface area (Å²) in [4.78, 5) is 15.8. The quantitative estimate of drug-likeness (QED) is 0.355. The Kier molecular flexibility index (Phi) is 5.46. The highest BCUT2D eigenvalue weighted by atomic mass is 35.5. The number of hydrogen-bond acceptors (Lipinski definition) is 5. The van der Waals surface area contributed by atoms with Crippen LogP contribution in [0.15, 0.2) is 12.3 Å². The molecule has 0 aliphatic rings.